The Bertz CT molecular complexity index is 1620. The van der Waals surface area contributed by atoms with Gasteiger partial charge >= 0.3 is 0 Å². The number of carbonyl (C=O) groups is 1. The molecule has 1 atom stereocenters. The van der Waals surface area contributed by atoms with Crippen molar-refractivity contribution in [2.45, 2.75) is 19.4 Å². The van der Waals surface area contributed by atoms with Crippen molar-refractivity contribution in [1.82, 2.24) is 29.5 Å². The number of aromatic nitrogens is 5. The molecule has 174 valence electrons. The predicted molar refractivity (Wildman–Crippen MR) is 134 cm³/mol. The largest absolute Gasteiger partial charge is 0.330 e. The first-order valence-electron chi connectivity index (χ1n) is 11.6. The van der Waals surface area contributed by atoms with Crippen molar-refractivity contribution < 1.29 is 9.18 Å². The lowest BCUT2D eigenvalue weighted by atomic mass is 9.93. The topological polar surface area (TPSA) is 76.3 Å². The molecule has 0 bridgehead atoms. The molecule has 1 aliphatic heterocycles. The Morgan fingerprint density at radius 3 is 2.69 bits per heavy atom. The van der Waals surface area contributed by atoms with Crippen molar-refractivity contribution in [3.63, 3.8) is 0 Å². The monoisotopic (exact) mass is 474 g/mol. The van der Waals surface area contributed by atoms with Crippen LogP contribution in [0.1, 0.15) is 34.6 Å². The van der Waals surface area contributed by atoms with Gasteiger partial charge in [-0.1, -0.05) is 41.9 Å². The number of hydrogen-bond acceptors (Lipinski definition) is 5. The number of amides is 1. The molecule has 7 nitrogen and oxygen atoms in total. The van der Waals surface area contributed by atoms with Crippen LogP contribution in [0.3, 0.4) is 0 Å². The van der Waals surface area contributed by atoms with Crippen LogP contribution >= 0.6 is 0 Å². The number of halogens is 1. The van der Waals surface area contributed by atoms with E-state index in [0.29, 0.717) is 40.2 Å². The number of hydrogen-bond donors (Lipinski definition) is 0. The highest BCUT2D eigenvalue weighted by Gasteiger charge is 2.29. The molecule has 0 saturated heterocycles. The molecule has 0 N–H and O–H groups in total. The molecule has 3 aromatic heterocycles. The second-order valence-electron chi connectivity index (χ2n) is 8.82. The average Bonchev–Trinajstić information content (AvgIpc) is 3.32. The van der Waals surface area contributed by atoms with Gasteiger partial charge in [-0.25, -0.2) is 23.9 Å². The smallest absolute Gasteiger partial charge is 0.273 e. The summed E-state index contributed by atoms with van der Waals surface area (Å²) in [6.45, 7) is 2.62. The molecular weight excluding hydrogens is 454 g/mol. The molecule has 9 heteroatoms. The summed E-state index contributed by atoms with van der Waals surface area (Å²) in [5.74, 6) is -0.667. The van der Waals surface area contributed by atoms with Gasteiger partial charge in [-0.2, -0.15) is 5.10 Å². The van der Waals surface area contributed by atoms with Gasteiger partial charge in [-0.05, 0) is 36.6 Å². The van der Waals surface area contributed by atoms with Crippen LogP contribution < -0.4 is 5.46 Å². The van der Waals surface area contributed by atoms with Gasteiger partial charge in [0.25, 0.3) is 5.91 Å². The van der Waals surface area contributed by atoms with Gasteiger partial charge in [-0.3, -0.25) is 4.79 Å². The summed E-state index contributed by atoms with van der Waals surface area (Å²) in [7, 11) is 5.71. The normalized spacial score (nSPS) is 15.2. The zero-order valence-corrected chi connectivity index (χ0v) is 19.5. The van der Waals surface area contributed by atoms with Crippen molar-refractivity contribution in [3.8, 4) is 22.5 Å². The third-order valence-corrected chi connectivity index (χ3v) is 6.63. The van der Waals surface area contributed by atoms with Gasteiger partial charge in [0, 0.05) is 36.1 Å². The van der Waals surface area contributed by atoms with Crippen LogP contribution in [-0.4, -0.2) is 49.8 Å². The SMILES string of the molecule is [B]c1ccc(-c2cc3nc(C(=O)N4CCc5ccccc5[C@H]4C)cc(-c4cncnc4)n3n2)c(F)c1. The zero-order valence-electron chi connectivity index (χ0n) is 19.5. The van der Waals surface area contributed by atoms with E-state index in [9.17, 15) is 9.18 Å². The number of rotatable bonds is 3. The highest BCUT2D eigenvalue weighted by Crippen LogP contribution is 2.31. The van der Waals surface area contributed by atoms with E-state index in [0.717, 1.165) is 12.0 Å². The molecule has 0 fully saturated rings. The van der Waals surface area contributed by atoms with E-state index in [1.807, 2.05) is 24.0 Å². The van der Waals surface area contributed by atoms with E-state index in [-0.39, 0.29) is 17.6 Å². The molecule has 5 aromatic rings. The molecule has 0 aliphatic carbocycles. The Hall–Kier alpha value is -4.40. The maximum absolute atomic E-state index is 14.7. The van der Waals surface area contributed by atoms with Crippen LogP contribution in [0.5, 0.6) is 0 Å². The maximum atomic E-state index is 14.7. The first-order chi connectivity index (χ1) is 17.5. The Balaban J connectivity index is 1.48. The quantitative estimate of drug-likeness (QED) is 0.374. The maximum Gasteiger partial charge on any atom is 0.273 e. The Morgan fingerprint density at radius 1 is 1.08 bits per heavy atom. The van der Waals surface area contributed by atoms with Gasteiger partial charge in [-0.15, -0.1) is 0 Å². The van der Waals surface area contributed by atoms with Crippen LogP contribution in [-0.2, 0) is 6.42 Å². The highest BCUT2D eigenvalue weighted by molar-refractivity contribution is 6.32. The van der Waals surface area contributed by atoms with E-state index >= 15 is 0 Å². The van der Waals surface area contributed by atoms with Crippen LogP contribution in [0.2, 0.25) is 0 Å². The lowest BCUT2D eigenvalue weighted by molar-refractivity contribution is 0.0672. The second kappa shape index (κ2) is 8.68. The summed E-state index contributed by atoms with van der Waals surface area (Å²) in [6.07, 6.45) is 5.49. The fourth-order valence-electron chi connectivity index (χ4n) is 4.79. The third-order valence-electron chi connectivity index (χ3n) is 6.63. The van der Waals surface area contributed by atoms with E-state index in [2.05, 4.69) is 32.2 Å². The second-order valence-corrected chi connectivity index (χ2v) is 8.82. The molecular formula is C27H20BFN6O. The van der Waals surface area contributed by atoms with E-state index in [4.69, 9.17) is 7.85 Å². The Morgan fingerprint density at radius 2 is 1.89 bits per heavy atom. The third kappa shape index (κ3) is 3.73. The van der Waals surface area contributed by atoms with Gasteiger partial charge in [0.05, 0.1) is 17.4 Å². The Kier molecular flexibility index (Phi) is 5.32. The fourth-order valence-corrected chi connectivity index (χ4v) is 4.79. The minimum absolute atomic E-state index is 0.0895. The number of nitrogens with zero attached hydrogens (tertiary/aromatic N) is 6. The summed E-state index contributed by atoms with van der Waals surface area (Å²) >= 11 is 0. The summed E-state index contributed by atoms with van der Waals surface area (Å²) in [5.41, 5.74) is 5.31. The Labute approximate surface area is 208 Å². The predicted octanol–water partition coefficient (Wildman–Crippen LogP) is 3.55. The van der Waals surface area contributed by atoms with Crippen molar-refractivity contribution in [3.05, 3.63) is 96.0 Å². The lowest BCUT2D eigenvalue weighted by Gasteiger charge is -2.35. The lowest BCUT2D eigenvalue weighted by Crippen LogP contribution is -2.39. The minimum Gasteiger partial charge on any atom is -0.330 e. The highest BCUT2D eigenvalue weighted by atomic mass is 19.1. The van der Waals surface area contributed by atoms with Crippen LogP contribution in [0, 0.1) is 5.82 Å². The first kappa shape index (κ1) is 22.1. The van der Waals surface area contributed by atoms with Crippen molar-refractivity contribution in [2.75, 3.05) is 6.54 Å². The number of benzene rings is 2. The van der Waals surface area contributed by atoms with Gasteiger partial charge < -0.3 is 4.90 Å². The van der Waals surface area contributed by atoms with Crippen LogP contribution in [0.25, 0.3) is 28.2 Å². The molecule has 6 rings (SSSR count). The van der Waals surface area contributed by atoms with Crippen LogP contribution in [0.15, 0.2) is 73.3 Å². The first-order valence-corrected chi connectivity index (χ1v) is 11.6. The summed E-state index contributed by atoms with van der Waals surface area (Å²) in [5, 5.41) is 4.60. The molecule has 4 heterocycles. The summed E-state index contributed by atoms with van der Waals surface area (Å²) in [6, 6.07) is 15.9. The van der Waals surface area contributed by atoms with Crippen molar-refractivity contribution in [2.24, 2.45) is 0 Å². The fraction of sp³-hybridized carbons (Fsp3) is 0.148. The van der Waals surface area contributed by atoms with E-state index in [1.54, 1.807) is 41.2 Å². The minimum atomic E-state index is -0.486. The van der Waals surface area contributed by atoms with Gasteiger partial charge in [0.1, 0.15) is 25.7 Å². The molecule has 36 heavy (non-hydrogen) atoms. The van der Waals surface area contributed by atoms with Crippen molar-refractivity contribution >= 4 is 24.9 Å². The summed E-state index contributed by atoms with van der Waals surface area (Å²) in [4.78, 5) is 28.5. The average molecular weight is 474 g/mol. The number of fused-ring (bicyclic) bond motifs is 2. The number of carbonyl (C=O) groups excluding carboxylic acids is 1. The molecule has 0 spiro atoms. The molecule has 2 radical (unpaired) electrons. The zero-order chi connectivity index (χ0) is 24.8. The molecule has 0 saturated carbocycles. The molecule has 2 aromatic carbocycles. The molecule has 1 aliphatic rings. The molecule has 1 amide bonds. The van der Waals surface area contributed by atoms with E-state index in [1.165, 1.54) is 18.0 Å². The van der Waals surface area contributed by atoms with E-state index < -0.39 is 5.82 Å². The standard InChI is InChI=1S/C27H20BFN6O/c1-16-20-5-3-2-4-17(20)8-9-34(16)27(36)24-11-25(18-13-30-15-31-14-18)35-26(32-24)12-23(33-35)21-7-6-19(28)10-22(21)29/h2-7,10-16H,8-9H2,1H3/t16-/m1/s1. The summed E-state index contributed by atoms with van der Waals surface area (Å²) < 4.78 is 16.3. The van der Waals surface area contributed by atoms with Gasteiger partial charge in [0.2, 0.25) is 0 Å². The van der Waals surface area contributed by atoms with Crippen LogP contribution in [0.4, 0.5) is 4.39 Å². The molecule has 0 unspecified atom stereocenters. The van der Waals surface area contributed by atoms with Gasteiger partial charge in [0.15, 0.2) is 5.65 Å². The van der Waals surface area contributed by atoms with Crippen molar-refractivity contribution in [1.29, 1.82) is 0 Å².